The number of aryl methyl sites for hydroxylation is 1. The van der Waals surface area contributed by atoms with Crippen molar-refractivity contribution < 1.29 is 10.0 Å². The number of aromatic nitrogens is 2. The molecule has 6 nitrogen and oxygen atoms in total. The van der Waals surface area contributed by atoms with Gasteiger partial charge in [0.25, 0.3) is 0 Å². The quantitative estimate of drug-likeness (QED) is 0.421. The number of aliphatic hydroxyl groups is 1. The van der Waals surface area contributed by atoms with Gasteiger partial charge in [0.05, 0.1) is 4.92 Å². The Balaban J connectivity index is 3.23. The van der Waals surface area contributed by atoms with Crippen molar-refractivity contribution in [3.63, 3.8) is 0 Å². The van der Waals surface area contributed by atoms with Crippen molar-refractivity contribution in [3.8, 4) is 0 Å². The Labute approximate surface area is 74.3 Å². The molecule has 0 spiro atoms. The third kappa shape index (κ3) is 1.57. The largest absolute Gasteiger partial charge is 0.382 e. The lowest BCUT2D eigenvalue weighted by Gasteiger charge is -2.04. The minimum Gasteiger partial charge on any atom is -0.382 e. The number of rotatable bonds is 3. The van der Waals surface area contributed by atoms with Gasteiger partial charge < -0.3 is 5.11 Å². The number of nitrogens with zero attached hydrogens (tertiary/aromatic N) is 3. The highest BCUT2D eigenvalue weighted by atomic mass is 16.6. The van der Waals surface area contributed by atoms with Crippen LogP contribution in [-0.2, 0) is 7.05 Å². The minimum atomic E-state index is -1.06. The molecule has 1 atom stereocenters. The van der Waals surface area contributed by atoms with Crippen LogP contribution in [0.3, 0.4) is 0 Å². The SMILES string of the molecule is C=CC(O)c1c([N+](=O)[O-])cnn1C. The summed E-state index contributed by atoms with van der Waals surface area (Å²) in [4.78, 5) is 9.87. The van der Waals surface area contributed by atoms with E-state index in [4.69, 9.17) is 0 Å². The summed E-state index contributed by atoms with van der Waals surface area (Å²) in [5.41, 5.74) is -0.0603. The van der Waals surface area contributed by atoms with Crippen LogP contribution in [0.15, 0.2) is 18.9 Å². The number of aliphatic hydroxyl groups excluding tert-OH is 1. The molecule has 0 aliphatic rings. The maximum Gasteiger partial charge on any atom is 0.313 e. The molecule has 0 fully saturated rings. The molecule has 0 aromatic carbocycles. The smallest absolute Gasteiger partial charge is 0.313 e. The molecule has 0 saturated heterocycles. The first-order valence-electron chi connectivity index (χ1n) is 3.54. The van der Waals surface area contributed by atoms with Crippen LogP contribution < -0.4 is 0 Å². The molecule has 0 aliphatic carbocycles. The number of nitro groups is 1. The van der Waals surface area contributed by atoms with E-state index in [1.54, 1.807) is 0 Å². The molecule has 13 heavy (non-hydrogen) atoms. The van der Waals surface area contributed by atoms with Crippen molar-refractivity contribution in [1.82, 2.24) is 9.78 Å². The van der Waals surface area contributed by atoms with Crippen molar-refractivity contribution in [1.29, 1.82) is 0 Å². The second-order valence-corrected chi connectivity index (χ2v) is 2.48. The fourth-order valence-electron chi connectivity index (χ4n) is 1.03. The van der Waals surface area contributed by atoms with E-state index in [1.807, 2.05) is 0 Å². The summed E-state index contributed by atoms with van der Waals surface area (Å²) in [6, 6.07) is 0. The van der Waals surface area contributed by atoms with Gasteiger partial charge in [-0.1, -0.05) is 6.08 Å². The molecule has 0 amide bonds. The molecule has 1 aromatic heterocycles. The molecule has 0 saturated carbocycles. The van der Waals surface area contributed by atoms with E-state index in [-0.39, 0.29) is 11.4 Å². The monoisotopic (exact) mass is 183 g/mol. The van der Waals surface area contributed by atoms with Gasteiger partial charge in [-0.25, -0.2) is 0 Å². The highest BCUT2D eigenvalue weighted by Gasteiger charge is 2.23. The van der Waals surface area contributed by atoms with Gasteiger partial charge in [-0.2, -0.15) is 5.10 Å². The zero-order valence-corrected chi connectivity index (χ0v) is 7.04. The van der Waals surface area contributed by atoms with E-state index in [9.17, 15) is 15.2 Å². The average Bonchev–Trinajstić information content (AvgIpc) is 2.46. The van der Waals surface area contributed by atoms with Crippen LogP contribution in [0.25, 0.3) is 0 Å². The summed E-state index contributed by atoms with van der Waals surface area (Å²) in [7, 11) is 1.52. The summed E-state index contributed by atoms with van der Waals surface area (Å²) in [5.74, 6) is 0. The molecule has 1 aromatic rings. The lowest BCUT2D eigenvalue weighted by molar-refractivity contribution is -0.386. The van der Waals surface area contributed by atoms with Gasteiger partial charge in [0.1, 0.15) is 18.0 Å². The molecule has 1 rings (SSSR count). The van der Waals surface area contributed by atoms with E-state index < -0.39 is 11.0 Å². The zero-order chi connectivity index (χ0) is 10.0. The first-order valence-corrected chi connectivity index (χ1v) is 3.54. The average molecular weight is 183 g/mol. The van der Waals surface area contributed by atoms with Gasteiger partial charge in [-0.05, 0) is 0 Å². The molecule has 0 bridgehead atoms. The highest BCUT2D eigenvalue weighted by molar-refractivity contribution is 5.36. The van der Waals surface area contributed by atoms with E-state index in [1.165, 1.54) is 17.8 Å². The summed E-state index contributed by atoms with van der Waals surface area (Å²) >= 11 is 0. The Hall–Kier alpha value is -1.69. The number of hydrogen-bond donors (Lipinski definition) is 1. The maximum absolute atomic E-state index is 10.5. The van der Waals surface area contributed by atoms with E-state index in [0.29, 0.717) is 0 Å². The predicted octanol–water partition coefficient (Wildman–Crippen LogP) is 0.548. The molecular weight excluding hydrogens is 174 g/mol. The standard InChI is InChI=1S/C7H9N3O3/c1-3-6(11)7-5(10(12)13)4-8-9(7)2/h3-4,6,11H,1H2,2H3. The normalized spacial score (nSPS) is 12.5. The Kier molecular flexibility index (Phi) is 2.43. The fourth-order valence-corrected chi connectivity index (χ4v) is 1.03. The molecular formula is C7H9N3O3. The van der Waals surface area contributed by atoms with Gasteiger partial charge in [-0.3, -0.25) is 14.8 Å². The van der Waals surface area contributed by atoms with Crippen LogP contribution in [-0.4, -0.2) is 19.8 Å². The van der Waals surface area contributed by atoms with Gasteiger partial charge >= 0.3 is 5.69 Å². The lowest BCUT2D eigenvalue weighted by Crippen LogP contribution is -2.05. The van der Waals surface area contributed by atoms with Crippen molar-refractivity contribution in [2.24, 2.45) is 7.05 Å². The van der Waals surface area contributed by atoms with Crippen LogP contribution >= 0.6 is 0 Å². The van der Waals surface area contributed by atoms with E-state index in [0.717, 1.165) is 6.20 Å². The Morgan fingerprint density at radius 3 is 3.00 bits per heavy atom. The van der Waals surface area contributed by atoms with Gasteiger partial charge in [0.15, 0.2) is 0 Å². The summed E-state index contributed by atoms with van der Waals surface area (Å²) in [6.07, 6.45) is 1.25. The molecule has 6 heteroatoms. The van der Waals surface area contributed by atoms with E-state index in [2.05, 4.69) is 11.7 Å². The first-order chi connectivity index (χ1) is 6.07. The minimum absolute atomic E-state index is 0.139. The molecule has 1 N–H and O–H groups in total. The van der Waals surface area contributed by atoms with Crippen LogP contribution in [0.4, 0.5) is 5.69 Å². The van der Waals surface area contributed by atoms with Crippen molar-refractivity contribution in [3.05, 3.63) is 34.7 Å². The topological polar surface area (TPSA) is 81.2 Å². The Morgan fingerprint density at radius 2 is 2.54 bits per heavy atom. The van der Waals surface area contributed by atoms with Gasteiger partial charge in [-0.15, -0.1) is 6.58 Å². The van der Waals surface area contributed by atoms with Gasteiger partial charge in [0.2, 0.25) is 0 Å². The van der Waals surface area contributed by atoms with Gasteiger partial charge in [0, 0.05) is 7.05 Å². The first kappa shape index (κ1) is 9.40. The Bertz CT molecular complexity index is 345. The molecule has 70 valence electrons. The van der Waals surface area contributed by atoms with Crippen LogP contribution in [0, 0.1) is 10.1 Å². The zero-order valence-electron chi connectivity index (χ0n) is 7.04. The van der Waals surface area contributed by atoms with Crippen LogP contribution in [0.2, 0.25) is 0 Å². The van der Waals surface area contributed by atoms with Crippen molar-refractivity contribution in [2.75, 3.05) is 0 Å². The van der Waals surface area contributed by atoms with Crippen molar-refractivity contribution in [2.45, 2.75) is 6.10 Å². The second-order valence-electron chi connectivity index (χ2n) is 2.48. The van der Waals surface area contributed by atoms with Crippen molar-refractivity contribution >= 4 is 5.69 Å². The number of hydrogen-bond acceptors (Lipinski definition) is 4. The predicted molar refractivity (Wildman–Crippen MR) is 45.0 cm³/mol. The van der Waals surface area contributed by atoms with E-state index >= 15 is 0 Å². The lowest BCUT2D eigenvalue weighted by atomic mass is 10.2. The third-order valence-corrected chi connectivity index (χ3v) is 1.66. The summed E-state index contributed by atoms with van der Waals surface area (Å²) < 4.78 is 1.25. The summed E-state index contributed by atoms with van der Waals surface area (Å²) in [6.45, 7) is 3.34. The summed E-state index contributed by atoms with van der Waals surface area (Å²) in [5, 5.41) is 23.5. The Morgan fingerprint density at radius 1 is 1.92 bits per heavy atom. The highest BCUT2D eigenvalue weighted by Crippen LogP contribution is 2.24. The molecule has 1 heterocycles. The second kappa shape index (κ2) is 3.36. The molecule has 1 unspecified atom stereocenters. The maximum atomic E-state index is 10.5. The fraction of sp³-hybridized carbons (Fsp3) is 0.286. The third-order valence-electron chi connectivity index (χ3n) is 1.66. The van der Waals surface area contributed by atoms with Crippen LogP contribution in [0.1, 0.15) is 11.8 Å². The molecule has 0 aliphatic heterocycles. The van der Waals surface area contributed by atoms with Crippen LogP contribution in [0.5, 0.6) is 0 Å². The molecule has 0 radical (unpaired) electrons.